The van der Waals surface area contributed by atoms with Crippen LogP contribution >= 0.6 is 0 Å². The number of esters is 1. The van der Waals surface area contributed by atoms with Crippen LogP contribution in [0.2, 0.25) is 0 Å². The zero-order valence-corrected chi connectivity index (χ0v) is 16.2. The number of ether oxygens (including phenoxy) is 3. The number of hydrogen-bond donors (Lipinski definition) is 2. The highest BCUT2D eigenvalue weighted by atomic mass is 16.6. The topological polar surface area (TPSA) is 117 Å². The van der Waals surface area contributed by atoms with Crippen LogP contribution in [0.1, 0.15) is 49.5 Å². The summed E-state index contributed by atoms with van der Waals surface area (Å²) in [5.41, 5.74) is 5.86. The van der Waals surface area contributed by atoms with E-state index in [0.29, 0.717) is 12.0 Å². The molecule has 0 aliphatic rings. The molecule has 2 amide bonds. The number of benzene rings is 1. The van der Waals surface area contributed by atoms with Gasteiger partial charge in [-0.2, -0.15) is 0 Å². The predicted molar refractivity (Wildman–Crippen MR) is 99.0 cm³/mol. The molecular formula is C19H28N2O6. The van der Waals surface area contributed by atoms with Crippen molar-refractivity contribution in [2.24, 2.45) is 5.73 Å². The first-order chi connectivity index (χ1) is 12.6. The number of nitrogens with one attached hydrogen (secondary N) is 1. The number of alkyl carbamates (subject to hydrolysis) is 1. The van der Waals surface area contributed by atoms with Gasteiger partial charge in [0, 0.05) is 6.42 Å². The molecule has 0 aromatic heterocycles. The maximum atomic E-state index is 11.9. The lowest BCUT2D eigenvalue weighted by atomic mass is 10.1. The fraction of sp³-hybridized carbons (Fsp3) is 0.526. The molecule has 0 saturated carbocycles. The lowest BCUT2D eigenvalue weighted by molar-refractivity contribution is -0.118. The molecule has 1 rings (SSSR count). The molecule has 1 aromatic carbocycles. The van der Waals surface area contributed by atoms with E-state index >= 15 is 0 Å². The number of amides is 2. The number of carbonyl (C=O) groups excluding carboxylic acids is 3. The standard InChI is InChI=1S/C19H28N2O6/c1-19(2,3)27-18(24)21-15(9-10-16(20)22)12-26-11-13-5-7-14(8-6-13)17(23)25-4/h5-8,15H,9-12H2,1-4H3,(H2,20,22)(H,21,24). The van der Waals surface area contributed by atoms with Crippen LogP contribution in [0.4, 0.5) is 4.79 Å². The van der Waals surface area contributed by atoms with E-state index in [2.05, 4.69) is 10.1 Å². The minimum absolute atomic E-state index is 0.123. The van der Waals surface area contributed by atoms with Crippen LogP contribution in [-0.4, -0.2) is 43.3 Å². The van der Waals surface area contributed by atoms with Gasteiger partial charge in [0.1, 0.15) is 5.60 Å². The van der Waals surface area contributed by atoms with Gasteiger partial charge in [0.15, 0.2) is 0 Å². The number of rotatable bonds is 9. The Hall–Kier alpha value is -2.61. The lowest BCUT2D eigenvalue weighted by Gasteiger charge is -2.23. The number of nitrogens with two attached hydrogens (primary N) is 1. The molecule has 3 N–H and O–H groups in total. The molecule has 1 atom stereocenters. The maximum Gasteiger partial charge on any atom is 0.407 e. The van der Waals surface area contributed by atoms with E-state index in [1.807, 2.05) is 0 Å². The average molecular weight is 380 g/mol. The SMILES string of the molecule is COC(=O)c1ccc(COCC(CCC(N)=O)NC(=O)OC(C)(C)C)cc1. The summed E-state index contributed by atoms with van der Waals surface area (Å²) in [6.45, 7) is 5.76. The average Bonchev–Trinajstić information content (AvgIpc) is 2.57. The molecule has 8 heteroatoms. The van der Waals surface area contributed by atoms with Crippen LogP contribution in [-0.2, 0) is 25.6 Å². The highest BCUT2D eigenvalue weighted by Gasteiger charge is 2.20. The van der Waals surface area contributed by atoms with Crippen molar-refractivity contribution in [2.45, 2.75) is 51.9 Å². The first kappa shape index (κ1) is 22.4. The van der Waals surface area contributed by atoms with Crippen molar-refractivity contribution >= 4 is 18.0 Å². The van der Waals surface area contributed by atoms with Crippen molar-refractivity contribution < 1.29 is 28.6 Å². The summed E-state index contributed by atoms with van der Waals surface area (Å²) in [4.78, 5) is 34.4. The number of primary amides is 1. The Balaban J connectivity index is 2.55. The zero-order chi connectivity index (χ0) is 20.4. The van der Waals surface area contributed by atoms with E-state index in [-0.39, 0.29) is 19.6 Å². The minimum Gasteiger partial charge on any atom is -0.465 e. The van der Waals surface area contributed by atoms with Gasteiger partial charge in [0.25, 0.3) is 0 Å². The quantitative estimate of drug-likeness (QED) is 0.634. The fourth-order valence-corrected chi connectivity index (χ4v) is 2.16. The van der Waals surface area contributed by atoms with Crippen LogP contribution < -0.4 is 11.1 Å². The summed E-state index contributed by atoms with van der Waals surface area (Å²) < 4.78 is 15.5. The fourth-order valence-electron chi connectivity index (χ4n) is 2.16. The summed E-state index contributed by atoms with van der Waals surface area (Å²) in [6, 6.07) is 6.39. The molecule has 0 saturated heterocycles. The van der Waals surface area contributed by atoms with Gasteiger partial charge in [-0.25, -0.2) is 9.59 Å². The Kier molecular flexibility index (Phi) is 8.74. The third kappa shape index (κ3) is 9.60. The molecule has 0 heterocycles. The first-order valence-electron chi connectivity index (χ1n) is 8.63. The Labute approximate surface area is 159 Å². The van der Waals surface area contributed by atoms with Crippen LogP contribution in [0.15, 0.2) is 24.3 Å². The molecule has 0 fully saturated rings. The van der Waals surface area contributed by atoms with Gasteiger partial charge in [-0.05, 0) is 44.9 Å². The van der Waals surface area contributed by atoms with Crippen molar-refractivity contribution in [1.82, 2.24) is 5.32 Å². The van der Waals surface area contributed by atoms with Crippen molar-refractivity contribution in [3.63, 3.8) is 0 Å². The summed E-state index contributed by atoms with van der Waals surface area (Å²) in [5.74, 6) is -0.861. The predicted octanol–water partition coefficient (Wildman–Crippen LogP) is 2.15. The van der Waals surface area contributed by atoms with Crippen LogP contribution in [0.25, 0.3) is 0 Å². The van der Waals surface area contributed by atoms with Gasteiger partial charge in [-0.15, -0.1) is 0 Å². The first-order valence-corrected chi connectivity index (χ1v) is 8.63. The number of methoxy groups -OCH3 is 1. The van der Waals surface area contributed by atoms with E-state index in [4.69, 9.17) is 15.2 Å². The van der Waals surface area contributed by atoms with Gasteiger partial charge in [0.2, 0.25) is 5.91 Å². The van der Waals surface area contributed by atoms with Crippen LogP contribution in [0.5, 0.6) is 0 Å². The molecule has 27 heavy (non-hydrogen) atoms. The molecule has 150 valence electrons. The Morgan fingerprint density at radius 3 is 2.30 bits per heavy atom. The van der Waals surface area contributed by atoms with E-state index in [1.54, 1.807) is 45.0 Å². The minimum atomic E-state index is -0.624. The van der Waals surface area contributed by atoms with Gasteiger partial charge in [0.05, 0.1) is 31.9 Å². The molecular weight excluding hydrogens is 352 g/mol. The van der Waals surface area contributed by atoms with Gasteiger partial charge in [-0.3, -0.25) is 4.79 Å². The molecule has 0 aliphatic carbocycles. The van der Waals surface area contributed by atoms with E-state index in [1.165, 1.54) is 7.11 Å². The second-order valence-corrected chi connectivity index (χ2v) is 7.05. The molecule has 1 unspecified atom stereocenters. The highest BCUT2D eigenvalue weighted by Crippen LogP contribution is 2.10. The van der Waals surface area contributed by atoms with E-state index in [0.717, 1.165) is 5.56 Å². The van der Waals surface area contributed by atoms with E-state index in [9.17, 15) is 14.4 Å². The monoisotopic (exact) mass is 380 g/mol. The van der Waals surface area contributed by atoms with Crippen molar-refractivity contribution in [3.05, 3.63) is 35.4 Å². The van der Waals surface area contributed by atoms with Crippen LogP contribution in [0, 0.1) is 0 Å². The summed E-state index contributed by atoms with van der Waals surface area (Å²) >= 11 is 0. The lowest BCUT2D eigenvalue weighted by Crippen LogP contribution is -2.42. The summed E-state index contributed by atoms with van der Waals surface area (Å²) in [7, 11) is 1.32. The number of hydrogen-bond acceptors (Lipinski definition) is 6. The Morgan fingerprint density at radius 1 is 1.15 bits per heavy atom. The third-order valence-corrected chi connectivity index (χ3v) is 3.42. The normalized spacial score (nSPS) is 12.1. The third-order valence-electron chi connectivity index (χ3n) is 3.42. The zero-order valence-electron chi connectivity index (χ0n) is 16.2. The molecule has 0 radical (unpaired) electrons. The molecule has 0 bridgehead atoms. The Bertz CT molecular complexity index is 637. The largest absolute Gasteiger partial charge is 0.465 e. The summed E-state index contributed by atoms with van der Waals surface area (Å²) in [6.07, 6.45) is -0.115. The highest BCUT2D eigenvalue weighted by molar-refractivity contribution is 5.89. The second-order valence-electron chi connectivity index (χ2n) is 7.05. The maximum absolute atomic E-state index is 11.9. The van der Waals surface area contributed by atoms with Gasteiger partial charge >= 0.3 is 12.1 Å². The number of carbonyl (C=O) groups is 3. The molecule has 8 nitrogen and oxygen atoms in total. The van der Waals surface area contributed by atoms with Crippen molar-refractivity contribution in [3.8, 4) is 0 Å². The molecule has 1 aromatic rings. The van der Waals surface area contributed by atoms with Crippen LogP contribution in [0.3, 0.4) is 0 Å². The van der Waals surface area contributed by atoms with Crippen molar-refractivity contribution in [1.29, 1.82) is 0 Å². The van der Waals surface area contributed by atoms with Crippen molar-refractivity contribution in [2.75, 3.05) is 13.7 Å². The summed E-state index contributed by atoms with van der Waals surface area (Å²) in [5, 5.41) is 2.69. The van der Waals surface area contributed by atoms with Gasteiger partial charge in [-0.1, -0.05) is 12.1 Å². The molecule has 0 spiro atoms. The van der Waals surface area contributed by atoms with E-state index < -0.39 is 29.6 Å². The Morgan fingerprint density at radius 2 is 1.78 bits per heavy atom. The second kappa shape index (κ2) is 10.5. The smallest absolute Gasteiger partial charge is 0.407 e. The molecule has 0 aliphatic heterocycles. The van der Waals surface area contributed by atoms with Gasteiger partial charge < -0.3 is 25.3 Å².